The summed E-state index contributed by atoms with van der Waals surface area (Å²) >= 11 is 0. The predicted octanol–water partition coefficient (Wildman–Crippen LogP) is 1.19. The van der Waals surface area contributed by atoms with Crippen LogP contribution in [0.1, 0.15) is 20.8 Å². The van der Waals surface area contributed by atoms with Gasteiger partial charge in [0.2, 0.25) is 0 Å². The lowest BCUT2D eigenvalue weighted by Gasteiger charge is -2.26. The SMILES string of the molecule is CC.CCN(CCNC)C1=CN=C[CH]N1. The van der Waals surface area contributed by atoms with Crippen LogP contribution in [0.4, 0.5) is 0 Å². The Kier molecular flexibility index (Phi) is 8.87. The molecular weight excluding hydrogens is 188 g/mol. The molecule has 1 aliphatic heterocycles. The summed E-state index contributed by atoms with van der Waals surface area (Å²) in [5.41, 5.74) is 0. The highest BCUT2D eigenvalue weighted by molar-refractivity contribution is 5.69. The first-order chi connectivity index (χ1) is 7.38. The fraction of sp³-hybridized carbons (Fsp3) is 0.636. The summed E-state index contributed by atoms with van der Waals surface area (Å²) in [7, 11) is 1.96. The molecule has 87 valence electrons. The van der Waals surface area contributed by atoms with Crippen LogP contribution in [-0.2, 0) is 0 Å². The van der Waals surface area contributed by atoms with Crippen LogP contribution in [0, 0.1) is 6.54 Å². The van der Waals surface area contributed by atoms with Crippen molar-refractivity contribution in [3.8, 4) is 0 Å². The lowest BCUT2D eigenvalue weighted by Crippen LogP contribution is -2.36. The van der Waals surface area contributed by atoms with Gasteiger partial charge in [0, 0.05) is 25.8 Å². The van der Waals surface area contributed by atoms with Crippen molar-refractivity contribution in [2.45, 2.75) is 20.8 Å². The molecule has 4 heteroatoms. The number of nitrogens with zero attached hydrogens (tertiary/aromatic N) is 2. The Bertz CT molecular complexity index is 199. The van der Waals surface area contributed by atoms with Gasteiger partial charge in [-0.2, -0.15) is 0 Å². The van der Waals surface area contributed by atoms with Crippen molar-refractivity contribution in [3.05, 3.63) is 18.6 Å². The van der Waals surface area contributed by atoms with Crippen LogP contribution >= 0.6 is 0 Å². The minimum atomic E-state index is 0.983. The van der Waals surface area contributed by atoms with E-state index in [-0.39, 0.29) is 0 Å². The molecule has 1 rings (SSSR count). The molecule has 0 amide bonds. The minimum Gasteiger partial charge on any atom is -0.360 e. The van der Waals surface area contributed by atoms with Gasteiger partial charge in [-0.15, -0.1) is 0 Å². The van der Waals surface area contributed by atoms with Gasteiger partial charge in [-0.25, -0.2) is 0 Å². The zero-order valence-corrected chi connectivity index (χ0v) is 10.2. The van der Waals surface area contributed by atoms with Gasteiger partial charge in [0.15, 0.2) is 0 Å². The van der Waals surface area contributed by atoms with E-state index in [1.807, 2.05) is 33.6 Å². The Morgan fingerprint density at radius 2 is 2.20 bits per heavy atom. The third kappa shape index (κ3) is 5.42. The molecule has 0 saturated heterocycles. The van der Waals surface area contributed by atoms with E-state index < -0.39 is 0 Å². The molecule has 0 spiro atoms. The number of rotatable bonds is 5. The molecule has 4 nitrogen and oxygen atoms in total. The van der Waals surface area contributed by atoms with Gasteiger partial charge in [0.1, 0.15) is 5.82 Å². The first-order valence-electron chi connectivity index (χ1n) is 5.59. The molecule has 0 aliphatic carbocycles. The third-order valence-corrected chi connectivity index (χ3v) is 1.94. The predicted molar refractivity (Wildman–Crippen MR) is 66.5 cm³/mol. The first-order valence-corrected chi connectivity index (χ1v) is 5.59. The van der Waals surface area contributed by atoms with Crippen LogP contribution in [-0.4, -0.2) is 37.8 Å². The van der Waals surface area contributed by atoms with Crippen molar-refractivity contribution < 1.29 is 0 Å². The molecule has 0 fully saturated rings. The number of hydrogen-bond acceptors (Lipinski definition) is 4. The topological polar surface area (TPSA) is 39.7 Å². The maximum absolute atomic E-state index is 4.07. The molecule has 0 unspecified atom stereocenters. The van der Waals surface area contributed by atoms with Crippen LogP contribution in [0.5, 0.6) is 0 Å². The van der Waals surface area contributed by atoms with E-state index >= 15 is 0 Å². The molecule has 0 aromatic carbocycles. The minimum absolute atomic E-state index is 0.983. The van der Waals surface area contributed by atoms with Gasteiger partial charge < -0.3 is 15.5 Å². The normalized spacial score (nSPS) is 13.5. The standard InChI is InChI=1S/C9H17N4.C2H6/c1-3-13(7-6-10-2)9-8-11-4-5-12-9;1-2/h4-5,8,10,12H,3,6-7H2,1-2H3;1-2H3. The average Bonchev–Trinajstić information content (AvgIpc) is 2.34. The molecule has 2 N–H and O–H groups in total. The van der Waals surface area contributed by atoms with Gasteiger partial charge in [-0.05, 0) is 14.0 Å². The second kappa shape index (κ2) is 9.52. The zero-order valence-electron chi connectivity index (χ0n) is 10.2. The molecule has 0 aromatic rings. The molecular formula is C11H23N4. The molecule has 0 atom stereocenters. The Balaban J connectivity index is 0.000000921. The highest BCUT2D eigenvalue weighted by Crippen LogP contribution is 2.02. The van der Waals surface area contributed by atoms with Crippen molar-refractivity contribution in [1.29, 1.82) is 0 Å². The second-order valence-electron chi connectivity index (χ2n) is 2.81. The van der Waals surface area contributed by atoms with E-state index in [9.17, 15) is 0 Å². The number of nitrogens with one attached hydrogen (secondary N) is 2. The molecule has 15 heavy (non-hydrogen) atoms. The highest BCUT2D eigenvalue weighted by atomic mass is 15.3. The first kappa shape index (κ1) is 14.0. The molecule has 0 saturated carbocycles. The largest absolute Gasteiger partial charge is 0.360 e. The highest BCUT2D eigenvalue weighted by Gasteiger charge is 2.07. The van der Waals surface area contributed by atoms with Crippen LogP contribution in [0.25, 0.3) is 0 Å². The Hall–Kier alpha value is -1.03. The summed E-state index contributed by atoms with van der Waals surface area (Å²) in [6, 6.07) is 0. The van der Waals surface area contributed by atoms with Crippen molar-refractivity contribution in [2.24, 2.45) is 4.99 Å². The van der Waals surface area contributed by atoms with E-state index in [0.29, 0.717) is 0 Å². The maximum Gasteiger partial charge on any atom is 0.121 e. The molecule has 0 bridgehead atoms. The number of aliphatic imine (C=N–C) groups is 1. The summed E-state index contributed by atoms with van der Waals surface area (Å²) in [5, 5.41) is 6.29. The number of likely N-dealkylation sites (N-methyl/N-ethyl adjacent to an activating group) is 2. The Morgan fingerprint density at radius 1 is 1.47 bits per heavy atom. The Labute approximate surface area is 93.5 Å². The fourth-order valence-corrected chi connectivity index (χ4v) is 1.19. The van der Waals surface area contributed by atoms with E-state index in [0.717, 1.165) is 25.5 Å². The lowest BCUT2D eigenvalue weighted by molar-refractivity contribution is 0.342. The maximum atomic E-state index is 4.07. The summed E-state index contributed by atoms with van der Waals surface area (Å²) in [6.07, 6.45) is 3.59. The zero-order chi connectivity index (χ0) is 11.5. The molecule has 0 aromatic heterocycles. The van der Waals surface area contributed by atoms with Gasteiger partial charge in [-0.3, -0.25) is 4.99 Å². The van der Waals surface area contributed by atoms with E-state index in [1.165, 1.54) is 0 Å². The monoisotopic (exact) mass is 211 g/mol. The van der Waals surface area contributed by atoms with Crippen molar-refractivity contribution in [3.63, 3.8) is 0 Å². The second-order valence-corrected chi connectivity index (χ2v) is 2.81. The average molecular weight is 211 g/mol. The van der Waals surface area contributed by atoms with Crippen molar-refractivity contribution in [1.82, 2.24) is 15.5 Å². The Morgan fingerprint density at radius 3 is 2.67 bits per heavy atom. The fourth-order valence-electron chi connectivity index (χ4n) is 1.19. The molecule has 1 heterocycles. The summed E-state index contributed by atoms with van der Waals surface area (Å²) < 4.78 is 0. The van der Waals surface area contributed by atoms with Gasteiger partial charge in [0.05, 0.1) is 12.7 Å². The quantitative estimate of drug-likeness (QED) is 0.717. The van der Waals surface area contributed by atoms with Gasteiger partial charge >= 0.3 is 0 Å². The van der Waals surface area contributed by atoms with E-state index in [1.54, 1.807) is 6.21 Å². The van der Waals surface area contributed by atoms with Gasteiger partial charge in [-0.1, -0.05) is 13.8 Å². The van der Waals surface area contributed by atoms with Crippen LogP contribution < -0.4 is 10.6 Å². The molecule has 1 radical (unpaired) electrons. The summed E-state index contributed by atoms with van der Waals surface area (Å²) in [6.45, 7) is 10.9. The van der Waals surface area contributed by atoms with Crippen LogP contribution in [0.2, 0.25) is 0 Å². The van der Waals surface area contributed by atoms with Crippen LogP contribution in [0.3, 0.4) is 0 Å². The third-order valence-electron chi connectivity index (χ3n) is 1.94. The molecule has 1 aliphatic rings. The van der Waals surface area contributed by atoms with Crippen LogP contribution in [0.15, 0.2) is 17.0 Å². The van der Waals surface area contributed by atoms with E-state index in [2.05, 4.69) is 27.4 Å². The smallest absolute Gasteiger partial charge is 0.121 e. The number of hydrogen-bond donors (Lipinski definition) is 2. The lowest BCUT2D eigenvalue weighted by atomic mass is 10.4. The summed E-state index contributed by atoms with van der Waals surface area (Å²) in [5.74, 6) is 1.07. The summed E-state index contributed by atoms with van der Waals surface area (Å²) in [4.78, 5) is 6.31. The van der Waals surface area contributed by atoms with Crippen molar-refractivity contribution in [2.75, 3.05) is 26.7 Å². The van der Waals surface area contributed by atoms with Gasteiger partial charge in [0.25, 0.3) is 0 Å². The van der Waals surface area contributed by atoms with E-state index in [4.69, 9.17) is 0 Å². The van der Waals surface area contributed by atoms with Crippen molar-refractivity contribution >= 4 is 6.21 Å².